The van der Waals surface area contributed by atoms with E-state index in [0.29, 0.717) is 23.0 Å². The second kappa shape index (κ2) is 6.68. The third-order valence-corrected chi connectivity index (χ3v) is 4.29. The molecular formula is C17H13FN6OS. The zero-order valence-electron chi connectivity index (χ0n) is 13.6. The van der Waals surface area contributed by atoms with Crippen LogP contribution in [0.5, 0.6) is 0 Å². The summed E-state index contributed by atoms with van der Waals surface area (Å²) in [7, 11) is 1.83. The van der Waals surface area contributed by atoms with Crippen molar-refractivity contribution in [3.63, 3.8) is 0 Å². The van der Waals surface area contributed by atoms with Crippen molar-refractivity contribution in [3.8, 4) is 22.8 Å². The van der Waals surface area contributed by atoms with Gasteiger partial charge in [0.1, 0.15) is 11.1 Å². The molecule has 130 valence electrons. The van der Waals surface area contributed by atoms with Crippen LogP contribution in [0.25, 0.3) is 22.8 Å². The number of hydrogen-bond donors (Lipinski definition) is 1. The van der Waals surface area contributed by atoms with Gasteiger partial charge in [0.25, 0.3) is 5.89 Å². The molecule has 0 amide bonds. The SMILES string of the molecule is Cn1c(-c2cccnc2)nnc1C(S)c1noc(-c2cccc(F)c2)n1. The van der Waals surface area contributed by atoms with E-state index < -0.39 is 5.25 Å². The largest absolute Gasteiger partial charge is 0.334 e. The van der Waals surface area contributed by atoms with Gasteiger partial charge in [-0.1, -0.05) is 11.2 Å². The third-order valence-electron chi connectivity index (χ3n) is 3.83. The summed E-state index contributed by atoms with van der Waals surface area (Å²) in [5.41, 5.74) is 1.33. The molecule has 1 aromatic carbocycles. The molecule has 3 aromatic heterocycles. The van der Waals surface area contributed by atoms with Crippen LogP contribution in [0.2, 0.25) is 0 Å². The maximum absolute atomic E-state index is 13.4. The summed E-state index contributed by atoms with van der Waals surface area (Å²) in [5.74, 6) is 1.37. The van der Waals surface area contributed by atoms with E-state index in [1.54, 1.807) is 29.1 Å². The summed E-state index contributed by atoms with van der Waals surface area (Å²) >= 11 is 4.55. The zero-order valence-corrected chi connectivity index (χ0v) is 14.5. The smallest absolute Gasteiger partial charge is 0.258 e. The van der Waals surface area contributed by atoms with Crippen molar-refractivity contribution in [2.24, 2.45) is 7.05 Å². The minimum Gasteiger partial charge on any atom is -0.334 e. The molecule has 0 aliphatic carbocycles. The lowest BCUT2D eigenvalue weighted by Crippen LogP contribution is -2.05. The van der Waals surface area contributed by atoms with Gasteiger partial charge in [0.05, 0.1) is 0 Å². The zero-order chi connectivity index (χ0) is 18.1. The maximum Gasteiger partial charge on any atom is 0.258 e. The highest BCUT2D eigenvalue weighted by atomic mass is 32.1. The van der Waals surface area contributed by atoms with Gasteiger partial charge < -0.3 is 9.09 Å². The van der Waals surface area contributed by atoms with Crippen LogP contribution in [0.3, 0.4) is 0 Å². The van der Waals surface area contributed by atoms with Crippen LogP contribution in [0.4, 0.5) is 4.39 Å². The van der Waals surface area contributed by atoms with Gasteiger partial charge in [-0.25, -0.2) is 4.39 Å². The Kier molecular flexibility index (Phi) is 4.21. The molecule has 0 saturated carbocycles. The molecule has 0 aliphatic heterocycles. The lowest BCUT2D eigenvalue weighted by Gasteiger charge is -2.06. The highest BCUT2D eigenvalue weighted by Crippen LogP contribution is 2.29. The van der Waals surface area contributed by atoms with Gasteiger partial charge in [0.2, 0.25) is 0 Å². The van der Waals surface area contributed by atoms with Crippen LogP contribution in [0.1, 0.15) is 16.9 Å². The first kappa shape index (κ1) is 16.4. The van der Waals surface area contributed by atoms with Gasteiger partial charge >= 0.3 is 0 Å². The molecule has 26 heavy (non-hydrogen) atoms. The average molecular weight is 368 g/mol. The molecule has 1 atom stereocenters. The van der Waals surface area contributed by atoms with E-state index >= 15 is 0 Å². The van der Waals surface area contributed by atoms with E-state index in [-0.39, 0.29) is 11.7 Å². The van der Waals surface area contributed by atoms with Crippen LogP contribution in [-0.4, -0.2) is 29.9 Å². The number of rotatable bonds is 4. The maximum atomic E-state index is 13.4. The molecule has 0 aliphatic rings. The Morgan fingerprint density at radius 3 is 2.77 bits per heavy atom. The predicted molar refractivity (Wildman–Crippen MR) is 94.8 cm³/mol. The lowest BCUT2D eigenvalue weighted by molar-refractivity contribution is 0.422. The van der Waals surface area contributed by atoms with E-state index in [2.05, 4.69) is 38.0 Å². The lowest BCUT2D eigenvalue weighted by atomic mass is 10.2. The molecule has 3 heterocycles. The standard InChI is InChI=1S/C17H13FN6OS/c1-24-15(11-5-3-7-19-9-11)21-22-16(24)13(26)14-20-17(25-23-14)10-4-2-6-12(18)8-10/h2-9,13,26H,1H3. The van der Waals surface area contributed by atoms with Crippen molar-refractivity contribution >= 4 is 12.6 Å². The Hall–Kier alpha value is -3.07. The third kappa shape index (κ3) is 2.97. The summed E-state index contributed by atoms with van der Waals surface area (Å²) in [4.78, 5) is 8.39. The van der Waals surface area contributed by atoms with E-state index in [1.807, 2.05) is 19.2 Å². The average Bonchev–Trinajstić information content (AvgIpc) is 3.29. The van der Waals surface area contributed by atoms with Crippen LogP contribution < -0.4 is 0 Å². The predicted octanol–water partition coefficient (Wildman–Crippen LogP) is 3.09. The number of hydrogen-bond acceptors (Lipinski definition) is 7. The second-order valence-electron chi connectivity index (χ2n) is 5.55. The van der Waals surface area contributed by atoms with E-state index in [9.17, 15) is 4.39 Å². The fourth-order valence-electron chi connectivity index (χ4n) is 2.53. The van der Waals surface area contributed by atoms with Crippen molar-refractivity contribution in [3.05, 3.63) is 66.3 Å². The Bertz CT molecular complexity index is 1050. The molecule has 4 rings (SSSR count). The highest BCUT2D eigenvalue weighted by molar-refractivity contribution is 7.80. The van der Waals surface area contributed by atoms with E-state index in [0.717, 1.165) is 5.56 Å². The number of halogens is 1. The highest BCUT2D eigenvalue weighted by Gasteiger charge is 2.24. The first-order valence-electron chi connectivity index (χ1n) is 7.71. The van der Waals surface area contributed by atoms with Crippen molar-refractivity contribution in [2.75, 3.05) is 0 Å². The number of pyridine rings is 1. The van der Waals surface area contributed by atoms with Gasteiger partial charge in [-0.15, -0.1) is 10.2 Å². The Balaban J connectivity index is 1.65. The quantitative estimate of drug-likeness (QED) is 0.558. The summed E-state index contributed by atoms with van der Waals surface area (Å²) < 4.78 is 20.4. The number of thiol groups is 1. The van der Waals surface area contributed by atoms with Gasteiger partial charge in [-0.2, -0.15) is 17.6 Å². The molecule has 0 spiro atoms. The molecule has 9 heteroatoms. The van der Waals surface area contributed by atoms with Crippen molar-refractivity contribution in [1.82, 2.24) is 29.9 Å². The van der Waals surface area contributed by atoms with Gasteiger partial charge in [-0.05, 0) is 30.3 Å². The molecule has 0 bridgehead atoms. The van der Waals surface area contributed by atoms with Gasteiger partial charge in [0.15, 0.2) is 17.5 Å². The summed E-state index contributed by atoms with van der Waals surface area (Å²) in [6, 6.07) is 9.67. The molecule has 0 N–H and O–H groups in total. The fraction of sp³-hybridized carbons (Fsp3) is 0.118. The molecule has 4 aromatic rings. The van der Waals surface area contributed by atoms with Crippen LogP contribution in [0.15, 0.2) is 53.3 Å². The number of aromatic nitrogens is 6. The Labute approximate surface area is 153 Å². The minimum atomic E-state index is -0.552. The van der Waals surface area contributed by atoms with Crippen molar-refractivity contribution in [1.29, 1.82) is 0 Å². The first-order chi connectivity index (χ1) is 12.6. The topological polar surface area (TPSA) is 82.5 Å². The second-order valence-corrected chi connectivity index (χ2v) is 6.07. The molecule has 7 nitrogen and oxygen atoms in total. The first-order valence-corrected chi connectivity index (χ1v) is 8.22. The normalized spacial score (nSPS) is 12.3. The minimum absolute atomic E-state index is 0.216. The van der Waals surface area contributed by atoms with E-state index in [4.69, 9.17) is 4.52 Å². The summed E-state index contributed by atoms with van der Waals surface area (Å²) in [6.45, 7) is 0. The summed E-state index contributed by atoms with van der Waals surface area (Å²) in [6.07, 6.45) is 3.40. The Morgan fingerprint density at radius 2 is 2.00 bits per heavy atom. The van der Waals surface area contributed by atoms with Crippen LogP contribution in [-0.2, 0) is 7.05 Å². The van der Waals surface area contributed by atoms with Gasteiger partial charge in [0, 0.05) is 30.6 Å². The van der Waals surface area contributed by atoms with Crippen LogP contribution in [0, 0.1) is 5.82 Å². The molecular weight excluding hydrogens is 355 g/mol. The number of benzene rings is 1. The monoisotopic (exact) mass is 368 g/mol. The molecule has 0 saturated heterocycles. The summed E-state index contributed by atoms with van der Waals surface area (Å²) in [5, 5.41) is 11.8. The van der Waals surface area contributed by atoms with Crippen molar-refractivity contribution in [2.45, 2.75) is 5.25 Å². The van der Waals surface area contributed by atoms with E-state index in [1.165, 1.54) is 12.1 Å². The number of nitrogens with zero attached hydrogens (tertiary/aromatic N) is 6. The van der Waals surface area contributed by atoms with Gasteiger partial charge in [-0.3, -0.25) is 4.98 Å². The molecule has 0 fully saturated rings. The Morgan fingerprint density at radius 1 is 1.15 bits per heavy atom. The molecule has 1 unspecified atom stereocenters. The van der Waals surface area contributed by atoms with Crippen molar-refractivity contribution < 1.29 is 8.91 Å². The van der Waals surface area contributed by atoms with Crippen LogP contribution >= 0.6 is 12.6 Å². The fourth-order valence-corrected chi connectivity index (χ4v) is 2.86. The molecule has 0 radical (unpaired) electrons.